The Bertz CT molecular complexity index is 1410. The van der Waals surface area contributed by atoms with Crippen molar-refractivity contribution >= 4 is 11.9 Å². The summed E-state index contributed by atoms with van der Waals surface area (Å²) < 4.78 is 22.8. The number of nitrogens with one attached hydrogen (secondary N) is 1. The lowest BCUT2D eigenvalue weighted by Gasteiger charge is -2.18. The summed E-state index contributed by atoms with van der Waals surface area (Å²) in [5, 5.41) is 4.09. The van der Waals surface area contributed by atoms with Crippen LogP contribution in [0.15, 0.2) is 50.6 Å². The van der Waals surface area contributed by atoms with Gasteiger partial charge in [-0.05, 0) is 11.0 Å². The number of hydrogen-bond acceptors (Lipinski definition) is 9. The molecule has 1 N–H and O–H groups in total. The van der Waals surface area contributed by atoms with Gasteiger partial charge < -0.3 is 18.7 Å². The number of nitrogens with zero attached hydrogens (tertiary/aromatic N) is 2. The number of ether oxygens (including phenoxy) is 3. The van der Waals surface area contributed by atoms with Crippen molar-refractivity contribution in [1.82, 2.24) is 14.7 Å². The number of rotatable bonds is 6. The summed E-state index contributed by atoms with van der Waals surface area (Å²) in [4.78, 5) is 50.3. The Hall–Kier alpha value is -3.99. The summed E-state index contributed by atoms with van der Waals surface area (Å²) in [6.45, 7) is 8.71. The molecule has 0 amide bonds. The van der Waals surface area contributed by atoms with Crippen molar-refractivity contribution in [2.24, 2.45) is 0 Å². The molecule has 3 aromatic rings. The maximum absolute atomic E-state index is 12.6. The van der Waals surface area contributed by atoms with E-state index in [4.69, 9.17) is 18.7 Å². The Morgan fingerprint density at radius 3 is 2.46 bits per heavy atom. The SMILES string of the molecule is CC(=O)OC[C@H]1O[C@@H](n2cc(-c3cc(-c4ccc(C(C)(C)C)cc4)no3)c(=O)[nH]c2=O)C[C@@H]1OC(C)=O. The average molecular weight is 512 g/mol. The number of esters is 2. The van der Waals surface area contributed by atoms with Gasteiger partial charge in [-0.15, -0.1) is 0 Å². The van der Waals surface area contributed by atoms with E-state index in [0.29, 0.717) is 5.69 Å². The van der Waals surface area contributed by atoms with Gasteiger partial charge in [0.2, 0.25) is 0 Å². The first-order valence-electron chi connectivity index (χ1n) is 11.8. The van der Waals surface area contributed by atoms with Crippen molar-refractivity contribution < 1.29 is 28.3 Å². The zero-order chi connectivity index (χ0) is 26.9. The van der Waals surface area contributed by atoms with Gasteiger partial charge in [-0.2, -0.15) is 0 Å². The molecule has 1 saturated heterocycles. The molecule has 0 unspecified atom stereocenters. The van der Waals surface area contributed by atoms with E-state index >= 15 is 0 Å². The Morgan fingerprint density at radius 1 is 1.14 bits per heavy atom. The zero-order valence-corrected chi connectivity index (χ0v) is 21.3. The van der Waals surface area contributed by atoms with Crippen molar-refractivity contribution in [2.75, 3.05) is 6.61 Å². The average Bonchev–Trinajstić information content (AvgIpc) is 3.44. The van der Waals surface area contributed by atoms with E-state index in [0.717, 1.165) is 5.56 Å². The van der Waals surface area contributed by atoms with Gasteiger partial charge in [-0.1, -0.05) is 50.2 Å². The molecule has 1 aliphatic rings. The molecule has 0 bridgehead atoms. The van der Waals surface area contributed by atoms with E-state index in [2.05, 4.69) is 30.9 Å². The Kier molecular flexibility index (Phi) is 7.17. The summed E-state index contributed by atoms with van der Waals surface area (Å²) in [5.74, 6) is -0.900. The molecule has 11 heteroatoms. The minimum absolute atomic E-state index is 0.00247. The van der Waals surface area contributed by atoms with E-state index in [9.17, 15) is 19.2 Å². The first-order valence-corrected chi connectivity index (χ1v) is 11.8. The predicted molar refractivity (Wildman–Crippen MR) is 132 cm³/mol. The zero-order valence-electron chi connectivity index (χ0n) is 21.3. The molecule has 0 aliphatic carbocycles. The Morgan fingerprint density at radius 2 is 1.84 bits per heavy atom. The Labute approximate surface area is 212 Å². The molecule has 3 heterocycles. The molecule has 11 nitrogen and oxygen atoms in total. The molecular weight excluding hydrogens is 482 g/mol. The summed E-state index contributed by atoms with van der Waals surface area (Å²) >= 11 is 0. The lowest BCUT2D eigenvalue weighted by Crippen LogP contribution is -2.33. The number of hydrogen-bond donors (Lipinski definition) is 1. The van der Waals surface area contributed by atoms with Gasteiger partial charge in [0, 0.05) is 38.1 Å². The summed E-state index contributed by atoms with van der Waals surface area (Å²) in [6, 6.07) is 9.50. The van der Waals surface area contributed by atoms with Crippen LogP contribution >= 0.6 is 0 Å². The third kappa shape index (κ3) is 5.88. The standard InChI is InChI=1S/C26H29N3O8/c1-14(30)34-13-22-21(35-15(2)31)11-23(36-22)29-12-18(24(32)27-25(29)33)20-10-19(28-37-20)16-6-8-17(9-7-16)26(3,4)5/h6-10,12,21-23H,11,13H2,1-5H3,(H,27,32,33)/t21-,22+,23+/m0/s1. The highest BCUT2D eigenvalue weighted by Crippen LogP contribution is 2.32. The Balaban J connectivity index is 1.62. The van der Waals surface area contributed by atoms with Gasteiger partial charge >= 0.3 is 17.6 Å². The monoisotopic (exact) mass is 511 g/mol. The van der Waals surface area contributed by atoms with Crippen LogP contribution in [0.4, 0.5) is 0 Å². The molecule has 3 atom stereocenters. The third-order valence-electron chi connectivity index (χ3n) is 6.05. The van der Waals surface area contributed by atoms with Gasteiger partial charge in [0.1, 0.15) is 36.3 Å². The number of aromatic amines is 1. The van der Waals surface area contributed by atoms with Gasteiger partial charge in [0.25, 0.3) is 5.56 Å². The molecule has 0 saturated carbocycles. The van der Waals surface area contributed by atoms with E-state index in [1.165, 1.54) is 30.2 Å². The topological polar surface area (TPSA) is 143 Å². The first-order chi connectivity index (χ1) is 17.4. The molecule has 4 rings (SSSR count). The molecule has 1 aromatic carbocycles. The van der Waals surface area contributed by atoms with Crippen molar-refractivity contribution in [3.63, 3.8) is 0 Å². The lowest BCUT2D eigenvalue weighted by molar-refractivity contribution is -0.155. The van der Waals surface area contributed by atoms with Gasteiger partial charge in [-0.25, -0.2) is 4.79 Å². The molecule has 1 aliphatic heterocycles. The second kappa shape index (κ2) is 10.2. The minimum atomic E-state index is -0.889. The molecule has 0 spiro atoms. The van der Waals surface area contributed by atoms with Crippen LogP contribution in [0.2, 0.25) is 0 Å². The normalized spacial score (nSPS) is 19.5. The number of carbonyl (C=O) groups excluding carboxylic acids is 2. The highest BCUT2D eigenvalue weighted by atomic mass is 16.6. The van der Waals surface area contributed by atoms with Gasteiger partial charge in [0.05, 0.1) is 0 Å². The smallest absolute Gasteiger partial charge is 0.330 e. The van der Waals surface area contributed by atoms with Gasteiger partial charge in [-0.3, -0.25) is 23.9 Å². The van der Waals surface area contributed by atoms with Crippen LogP contribution in [0.3, 0.4) is 0 Å². The molecule has 196 valence electrons. The number of benzene rings is 1. The van der Waals surface area contributed by atoms with E-state index in [1.807, 2.05) is 24.3 Å². The fourth-order valence-corrected chi connectivity index (χ4v) is 4.11. The highest BCUT2D eigenvalue weighted by molar-refractivity contribution is 5.67. The van der Waals surface area contributed by atoms with Crippen molar-refractivity contribution in [2.45, 2.75) is 64.9 Å². The second-order valence-corrected chi connectivity index (χ2v) is 9.93. The fraction of sp³-hybridized carbons (Fsp3) is 0.423. The predicted octanol–water partition coefficient (Wildman–Crippen LogP) is 2.94. The van der Waals surface area contributed by atoms with Crippen LogP contribution < -0.4 is 11.2 Å². The number of aromatic nitrogens is 3. The largest absolute Gasteiger partial charge is 0.463 e. The van der Waals surface area contributed by atoms with Crippen LogP contribution in [-0.4, -0.2) is 45.5 Å². The maximum atomic E-state index is 12.6. The van der Waals surface area contributed by atoms with Crippen molar-refractivity contribution in [1.29, 1.82) is 0 Å². The molecular formula is C26H29N3O8. The van der Waals surface area contributed by atoms with E-state index in [1.54, 1.807) is 6.07 Å². The minimum Gasteiger partial charge on any atom is -0.463 e. The van der Waals surface area contributed by atoms with Crippen molar-refractivity contribution in [3.05, 3.63) is 62.9 Å². The fourth-order valence-electron chi connectivity index (χ4n) is 4.11. The maximum Gasteiger partial charge on any atom is 0.330 e. The lowest BCUT2D eigenvalue weighted by atomic mass is 9.86. The number of H-pyrrole nitrogens is 1. The quantitative estimate of drug-likeness (QED) is 0.494. The molecule has 1 fully saturated rings. The second-order valence-electron chi connectivity index (χ2n) is 9.93. The first kappa shape index (κ1) is 26.1. The molecule has 0 radical (unpaired) electrons. The van der Waals surface area contributed by atoms with Crippen LogP contribution in [0.1, 0.15) is 52.8 Å². The molecule has 2 aromatic heterocycles. The van der Waals surface area contributed by atoms with Crippen LogP contribution in [0.5, 0.6) is 0 Å². The summed E-state index contributed by atoms with van der Waals surface area (Å²) in [5.41, 5.74) is 1.21. The van der Waals surface area contributed by atoms with E-state index < -0.39 is 41.6 Å². The summed E-state index contributed by atoms with van der Waals surface area (Å²) in [7, 11) is 0. The highest BCUT2D eigenvalue weighted by Gasteiger charge is 2.40. The summed E-state index contributed by atoms with van der Waals surface area (Å²) in [6.07, 6.45) is -0.998. The van der Waals surface area contributed by atoms with Crippen molar-refractivity contribution in [3.8, 4) is 22.6 Å². The van der Waals surface area contributed by atoms with Crippen LogP contribution in [0, 0.1) is 0 Å². The number of carbonyl (C=O) groups is 2. The van der Waals surface area contributed by atoms with E-state index in [-0.39, 0.29) is 29.8 Å². The third-order valence-corrected chi connectivity index (χ3v) is 6.05. The molecule has 37 heavy (non-hydrogen) atoms. The van der Waals surface area contributed by atoms with Crippen LogP contribution in [-0.2, 0) is 29.2 Å². The van der Waals surface area contributed by atoms with Gasteiger partial charge in [0.15, 0.2) is 5.76 Å². The van der Waals surface area contributed by atoms with Crippen LogP contribution in [0.25, 0.3) is 22.6 Å².